The number of ketones is 1. The molecule has 0 spiro atoms. The summed E-state index contributed by atoms with van der Waals surface area (Å²) in [6.07, 6.45) is 0.645. The summed E-state index contributed by atoms with van der Waals surface area (Å²) >= 11 is 0. The zero-order valence-electron chi connectivity index (χ0n) is 18.7. The molecule has 1 aromatic rings. The second kappa shape index (κ2) is 11.9. The van der Waals surface area contributed by atoms with Crippen LogP contribution in [0.2, 0.25) is 0 Å². The van der Waals surface area contributed by atoms with Crippen molar-refractivity contribution in [3.05, 3.63) is 47.2 Å². The smallest absolute Gasteiger partial charge is 0.303 e. The first kappa shape index (κ1) is 24.1. The lowest BCUT2D eigenvalue weighted by atomic mass is 9.81. The molecule has 32 heavy (non-hydrogen) atoms. The highest BCUT2D eigenvalue weighted by atomic mass is 16.5. The van der Waals surface area contributed by atoms with Gasteiger partial charge in [0.1, 0.15) is 12.4 Å². The van der Waals surface area contributed by atoms with Crippen LogP contribution < -0.4 is 0 Å². The summed E-state index contributed by atoms with van der Waals surface area (Å²) in [4.78, 5) is 33.4. The quantitative estimate of drug-likeness (QED) is 0.441. The summed E-state index contributed by atoms with van der Waals surface area (Å²) in [5.74, 6) is -0.689. The number of hydrogen-bond acceptors (Lipinski definition) is 8. The van der Waals surface area contributed by atoms with E-state index in [1.165, 1.54) is 6.92 Å². The second-order valence-electron chi connectivity index (χ2n) is 8.28. The predicted molar refractivity (Wildman–Crippen MR) is 122 cm³/mol. The Morgan fingerprint density at radius 3 is 2.34 bits per heavy atom. The maximum absolute atomic E-state index is 13.0. The van der Waals surface area contributed by atoms with Gasteiger partial charge in [-0.25, -0.2) is 0 Å². The van der Waals surface area contributed by atoms with E-state index in [2.05, 4.69) is 14.8 Å². The molecular formula is C24H33N3O5. The van der Waals surface area contributed by atoms with Crippen LogP contribution in [0.1, 0.15) is 31.2 Å². The Morgan fingerprint density at radius 1 is 1.09 bits per heavy atom. The number of aliphatic hydroxyl groups excluding tert-OH is 2. The lowest BCUT2D eigenvalue weighted by Gasteiger charge is -2.34. The van der Waals surface area contributed by atoms with Crippen molar-refractivity contribution in [2.75, 3.05) is 59.0 Å². The number of carbonyl (C=O) groups excluding carboxylic acids is 2. The third kappa shape index (κ3) is 6.72. The van der Waals surface area contributed by atoms with E-state index in [9.17, 15) is 14.7 Å². The molecule has 2 N–H and O–H groups in total. The third-order valence-corrected chi connectivity index (χ3v) is 6.01. The number of allylic oxidation sites excluding steroid dienone is 1. The zero-order chi connectivity index (χ0) is 22.9. The minimum Gasteiger partial charge on any atom is -0.511 e. The first-order chi connectivity index (χ1) is 15.5. The topological polar surface area (TPSA) is 103 Å². The molecule has 8 heteroatoms. The van der Waals surface area contributed by atoms with E-state index in [4.69, 9.17) is 9.84 Å². The molecule has 0 saturated carbocycles. The Labute approximate surface area is 189 Å². The molecule has 2 aliphatic rings. The number of benzene rings is 1. The van der Waals surface area contributed by atoms with Crippen molar-refractivity contribution in [2.45, 2.75) is 25.7 Å². The fraction of sp³-hybridized carbons (Fsp3) is 0.542. The van der Waals surface area contributed by atoms with Crippen LogP contribution in [0.5, 0.6) is 0 Å². The Bertz CT molecular complexity index is 844. The van der Waals surface area contributed by atoms with Crippen molar-refractivity contribution >= 4 is 17.5 Å². The summed E-state index contributed by atoms with van der Waals surface area (Å²) < 4.78 is 5.14. The van der Waals surface area contributed by atoms with Gasteiger partial charge in [0.05, 0.1) is 24.4 Å². The zero-order valence-corrected chi connectivity index (χ0v) is 18.7. The molecule has 0 aromatic heterocycles. The normalized spacial score (nSPS) is 21.1. The number of nitrogens with zero attached hydrogens (tertiary/aromatic N) is 3. The van der Waals surface area contributed by atoms with Crippen LogP contribution in [0, 0.1) is 0 Å². The van der Waals surface area contributed by atoms with Gasteiger partial charge in [-0.2, -0.15) is 0 Å². The van der Waals surface area contributed by atoms with Gasteiger partial charge < -0.3 is 14.9 Å². The summed E-state index contributed by atoms with van der Waals surface area (Å²) in [5.41, 5.74) is 1.56. The molecule has 0 radical (unpaired) electrons. The van der Waals surface area contributed by atoms with Gasteiger partial charge in [0, 0.05) is 59.0 Å². The number of carbonyl (C=O) groups is 2. The first-order valence-electron chi connectivity index (χ1n) is 11.2. The molecule has 0 bridgehead atoms. The van der Waals surface area contributed by atoms with Crippen molar-refractivity contribution in [3.8, 4) is 0 Å². The van der Waals surface area contributed by atoms with E-state index in [0.29, 0.717) is 31.8 Å². The highest BCUT2D eigenvalue weighted by molar-refractivity contribution is 6.24. The predicted octanol–water partition coefficient (Wildman–Crippen LogP) is 1.56. The van der Waals surface area contributed by atoms with Gasteiger partial charge in [-0.3, -0.25) is 24.4 Å². The highest BCUT2D eigenvalue weighted by Crippen LogP contribution is 2.34. The number of aliphatic imine (C=N–C) groups is 1. The molecule has 1 aromatic carbocycles. The average molecular weight is 444 g/mol. The molecule has 174 valence electrons. The number of piperazine rings is 1. The van der Waals surface area contributed by atoms with Crippen LogP contribution in [0.4, 0.5) is 0 Å². The number of hydrogen-bond donors (Lipinski definition) is 2. The lowest BCUT2D eigenvalue weighted by molar-refractivity contribution is -0.139. The number of β-amino-alcohol motifs (C(OH)–C–C–N with tert-alkyl or cyclic N) is 1. The number of esters is 1. The van der Waals surface area contributed by atoms with E-state index in [1.54, 1.807) is 0 Å². The minimum atomic E-state index is -0.455. The van der Waals surface area contributed by atoms with E-state index < -0.39 is 5.97 Å². The molecule has 1 aliphatic carbocycles. The van der Waals surface area contributed by atoms with Gasteiger partial charge in [-0.05, 0) is 11.5 Å². The van der Waals surface area contributed by atoms with Crippen LogP contribution in [0.3, 0.4) is 0 Å². The van der Waals surface area contributed by atoms with Crippen molar-refractivity contribution in [2.24, 2.45) is 4.99 Å². The molecule has 1 fully saturated rings. The molecular weight excluding hydrogens is 410 g/mol. The van der Waals surface area contributed by atoms with Crippen LogP contribution >= 0.6 is 0 Å². The molecule has 0 amide bonds. The second-order valence-corrected chi connectivity index (χ2v) is 8.28. The lowest BCUT2D eigenvalue weighted by Crippen LogP contribution is -2.47. The van der Waals surface area contributed by atoms with E-state index >= 15 is 0 Å². The Morgan fingerprint density at radius 2 is 1.75 bits per heavy atom. The fourth-order valence-electron chi connectivity index (χ4n) is 4.25. The number of rotatable bonds is 9. The fourth-order valence-corrected chi connectivity index (χ4v) is 4.25. The van der Waals surface area contributed by atoms with Gasteiger partial charge in [0.25, 0.3) is 0 Å². The number of aliphatic hydroxyl groups is 2. The number of Topliss-reactive ketones (excluding diaryl/α,β-unsaturated/α-hetero) is 1. The minimum absolute atomic E-state index is 0.0126. The van der Waals surface area contributed by atoms with Gasteiger partial charge >= 0.3 is 5.97 Å². The van der Waals surface area contributed by atoms with E-state index in [0.717, 1.165) is 31.7 Å². The maximum atomic E-state index is 13.0. The largest absolute Gasteiger partial charge is 0.511 e. The van der Waals surface area contributed by atoms with Crippen molar-refractivity contribution in [1.29, 1.82) is 0 Å². The molecule has 1 heterocycles. The third-order valence-electron chi connectivity index (χ3n) is 6.01. The molecule has 1 atom stereocenters. The molecule has 1 aliphatic heterocycles. The standard InChI is InChI=1S/C24H33N3O5/c1-18(29)32-17-21(25-7-8-26-9-11-27(12-10-26)13-14-28)24-22(30)15-20(16-23(24)31)19-5-3-2-4-6-19/h2-6,20,28,30H,7-17H2,1H3. The molecule has 8 nitrogen and oxygen atoms in total. The Hall–Kier alpha value is -2.55. The first-order valence-corrected chi connectivity index (χ1v) is 11.2. The molecule has 1 saturated heterocycles. The van der Waals surface area contributed by atoms with Crippen molar-refractivity contribution < 1.29 is 24.5 Å². The average Bonchev–Trinajstić information content (AvgIpc) is 2.78. The van der Waals surface area contributed by atoms with Crippen LogP contribution in [-0.4, -0.2) is 96.5 Å². The van der Waals surface area contributed by atoms with E-state index in [-0.39, 0.29) is 42.7 Å². The van der Waals surface area contributed by atoms with Crippen molar-refractivity contribution in [3.63, 3.8) is 0 Å². The summed E-state index contributed by atoms with van der Waals surface area (Å²) in [7, 11) is 0. The number of ether oxygens (including phenoxy) is 1. The van der Waals surface area contributed by atoms with Gasteiger partial charge in [-0.15, -0.1) is 0 Å². The monoisotopic (exact) mass is 443 g/mol. The summed E-state index contributed by atoms with van der Waals surface area (Å²) in [6.45, 7) is 6.78. The molecule has 3 rings (SSSR count). The SMILES string of the molecule is CC(=O)OCC(=NCCN1CCN(CCO)CC1)C1=C(O)CC(c2ccccc2)CC1=O. The maximum Gasteiger partial charge on any atom is 0.303 e. The van der Waals surface area contributed by atoms with Crippen LogP contribution in [0.25, 0.3) is 0 Å². The van der Waals surface area contributed by atoms with Gasteiger partial charge in [0.2, 0.25) is 0 Å². The Balaban J connectivity index is 1.67. The van der Waals surface area contributed by atoms with Gasteiger partial charge in [0.15, 0.2) is 5.78 Å². The van der Waals surface area contributed by atoms with Gasteiger partial charge in [-0.1, -0.05) is 30.3 Å². The van der Waals surface area contributed by atoms with Crippen LogP contribution in [-0.2, 0) is 14.3 Å². The molecule has 1 unspecified atom stereocenters. The van der Waals surface area contributed by atoms with Crippen molar-refractivity contribution in [1.82, 2.24) is 9.80 Å². The summed E-state index contributed by atoms with van der Waals surface area (Å²) in [5, 5.41) is 19.8. The van der Waals surface area contributed by atoms with E-state index in [1.807, 2.05) is 30.3 Å². The highest BCUT2D eigenvalue weighted by Gasteiger charge is 2.31. The Kier molecular flexibility index (Phi) is 8.96. The van der Waals surface area contributed by atoms with Crippen LogP contribution in [0.15, 0.2) is 46.7 Å². The summed E-state index contributed by atoms with van der Waals surface area (Å²) in [6, 6.07) is 9.70.